The van der Waals surface area contributed by atoms with Crippen molar-refractivity contribution < 1.29 is 19.5 Å². The number of allylic oxidation sites excluding steroid dienone is 2. The Kier molecular flexibility index (Phi) is 16.4. The van der Waals surface area contributed by atoms with Crippen LogP contribution < -0.4 is 5.11 Å². The molecule has 0 aromatic rings. The molecule has 0 aromatic heterocycles. The van der Waals surface area contributed by atoms with Gasteiger partial charge in [-0.05, 0) is 32.1 Å². The molecule has 0 saturated heterocycles. The fourth-order valence-electron chi connectivity index (χ4n) is 4.08. The number of rotatable bonds is 20. The van der Waals surface area contributed by atoms with Crippen LogP contribution in [0.2, 0.25) is 0 Å². The number of carboxylic acid groups (broad SMARTS) is 1. The monoisotopic (exact) mass is 411 g/mol. The van der Waals surface area contributed by atoms with Crippen LogP contribution in [0.15, 0.2) is 12.2 Å². The molecule has 0 aliphatic carbocycles. The van der Waals surface area contributed by atoms with Gasteiger partial charge in [0.1, 0.15) is 12.1 Å². The molecule has 0 aliphatic heterocycles. The Morgan fingerprint density at radius 2 is 1.28 bits per heavy atom. The molecule has 0 aliphatic rings. The number of aliphatic hydroxyl groups is 1. The minimum absolute atomic E-state index is 0.270. The molecule has 172 valence electrons. The van der Waals surface area contributed by atoms with E-state index in [1.807, 2.05) is 21.1 Å². The van der Waals surface area contributed by atoms with Crippen LogP contribution in [0.1, 0.15) is 110 Å². The minimum atomic E-state index is -1.16. The number of unbranched alkanes of at least 4 members (excludes halogenated alkanes) is 12. The molecule has 0 saturated carbocycles. The second-order valence-corrected chi connectivity index (χ2v) is 9.91. The Hall–Kier alpha value is -0.870. The van der Waals surface area contributed by atoms with Crippen molar-refractivity contribution in [2.24, 2.45) is 0 Å². The van der Waals surface area contributed by atoms with Crippen LogP contribution in [0.25, 0.3) is 0 Å². The van der Waals surface area contributed by atoms with Crippen molar-refractivity contribution in [3.05, 3.63) is 12.2 Å². The number of hydrogen-bond donors (Lipinski definition) is 1. The van der Waals surface area contributed by atoms with Crippen LogP contribution >= 0.6 is 0 Å². The highest BCUT2D eigenvalue weighted by atomic mass is 16.4. The first kappa shape index (κ1) is 28.1. The van der Waals surface area contributed by atoms with Crippen LogP contribution in [0.5, 0.6) is 0 Å². The molecule has 1 atom stereocenters. The first-order valence-corrected chi connectivity index (χ1v) is 12.1. The summed E-state index contributed by atoms with van der Waals surface area (Å²) in [7, 11) is 5.92. The Balaban J connectivity index is 3.65. The van der Waals surface area contributed by atoms with Crippen molar-refractivity contribution in [2.45, 2.75) is 115 Å². The molecule has 0 aromatic carbocycles. The smallest absolute Gasteiger partial charge is 0.119 e. The maximum atomic E-state index is 11.0. The standard InChI is InChI=1S/C25H49NO3/c1-5-6-7-8-9-10-11-12-13-14-15-16-17-18-19-20-21-25(29,22-24(27)28)23-26(2,3)4/h12-13,29H,5-11,14-23H2,1-4H3/b13-12-. The highest BCUT2D eigenvalue weighted by Crippen LogP contribution is 2.22. The molecule has 0 rings (SSSR count). The van der Waals surface area contributed by atoms with Gasteiger partial charge in [-0.15, -0.1) is 0 Å². The molecule has 29 heavy (non-hydrogen) atoms. The van der Waals surface area contributed by atoms with Crippen molar-refractivity contribution in [3.63, 3.8) is 0 Å². The predicted molar refractivity (Wildman–Crippen MR) is 122 cm³/mol. The lowest BCUT2D eigenvalue weighted by atomic mass is 9.91. The summed E-state index contributed by atoms with van der Waals surface area (Å²) in [5.74, 6) is -1.16. The number of quaternary nitrogens is 1. The van der Waals surface area contributed by atoms with Gasteiger partial charge in [0.25, 0.3) is 0 Å². The van der Waals surface area contributed by atoms with Gasteiger partial charge in [0.05, 0.1) is 21.1 Å². The molecule has 1 N–H and O–H groups in total. The lowest BCUT2D eigenvalue weighted by Crippen LogP contribution is -2.51. The van der Waals surface area contributed by atoms with E-state index < -0.39 is 11.6 Å². The summed E-state index contributed by atoms with van der Waals surface area (Å²) >= 11 is 0. The summed E-state index contributed by atoms with van der Waals surface area (Å²) in [5.41, 5.74) is -1.15. The number of carboxylic acids is 1. The summed E-state index contributed by atoms with van der Waals surface area (Å²) in [4.78, 5) is 11.0. The summed E-state index contributed by atoms with van der Waals surface area (Å²) in [6, 6.07) is 0. The Morgan fingerprint density at radius 1 is 0.828 bits per heavy atom. The van der Waals surface area contributed by atoms with E-state index in [-0.39, 0.29) is 6.42 Å². The summed E-state index contributed by atoms with van der Waals surface area (Å²) in [6.07, 6.45) is 22.4. The zero-order valence-corrected chi connectivity index (χ0v) is 19.9. The maximum absolute atomic E-state index is 11.0. The van der Waals surface area contributed by atoms with Crippen LogP contribution in [-0.4, -0.2) is 48.8 Å². The van der Waals surface area contributed by atoms with Gasteiger partial charge >= 0.3 is 0 Å². The second-order valence-electron chi connectivity index (χ2n) is 9.91. The largest absolute Gasteiger partial charge is 0.550 e. The van der Waals surface area contributed by atoms with Gasteiger partial charge in [-0.25, -0.2) is 0 Å². The molecule has 0 amide bonds. The normalized spacial score (nSPS) is 14.4. The minimum Gasteiger partial charge on any atom is -0.550 e. The maximum Gasteiger partial charge on any atom is 0.119 e. The van der Waals surface area contributed by atoms with Crippen LogP contribution in [0.3, 0.4) is 0 Å². The second kappa shape index (κ2) is 16.9. The molecular weight excluding hydrogens is 362 g/mol. The SMILES string of the molecule is CCCCCCCC/C=C\CCCCCCCCC(O)(CC(=O)[O-])C[N+](C)(C)C. The lowest BCUT2D eigenvalue weighted by molar-refractivity contribution is -0.877. The molecule has 0 spiro atoms. The fraction of sp³-hybridized carbons (Fsp3) is 0.880. The predicted octanol–water partition coefficient (Wildman–Crippen LogP) is 4.99. The van der Waals surface area contributed by atoms with E-state index in [1.54, 1.807) is 0 Å². The van der Waals surface area contributed by atoms with Gasteiger partial charge in [-0.2, -0.15) is 0 Å². The van der Waals surface area contributed by atoms with Crippen molar-refractivity contribution >= 4 is 5.97 Å². The zero-order valence-electron chi connectivity index (χ0n) is 19.9. The van der Waals surface area contributed by atoms with Gasteiger partial charge in [0.2, 0.25) is 0 Å². The molecule has 0 heterocycles. The van der Waals surface area contributed by atoms with Crippen molar-refractivity contribution in [1.82, 2.24) is 0 Å². The van der Waals surface area contributed by atoms with Crippen molar-refractivity contribution in [2.75, 3.05) is 27.7 Å². The highest BCUT2D eigenvalue weighted by molar-refractivity contribution is 5.65. The van der Waals surface area contributed by atoms with Crippen LogP contribution in [0.4, 0.5) is 0 Å². The molecular formula is C25H49NO3. The van der Waals surface area contributed by atoms with Gasteiger partial charge in [-0.1, -0.05) is 83.3 Å². The molecule has 4 nitrogen and oxygen atoms in total. The van der Waals surface area contributed by atoms with Crippen molar-refractivity contribution in [3.8, 4) is 0 Å². The molecule has 4 heteroatoms. The average Bonchev–Trinajstić information content (AvgIpc) is 2.59. The van der Waals surface area contributed by atoms with E-state index in [1.165, 1.54) is 70.6 Å². The fourth-order valence-corrected chi connectivity index (χ4v) is 4.08. The lowest BCUT2D eigenvalue weighted by Gasteiger charge is -2.36. The van der Waals surface area contributed by atoms with Gasteiger partial charge in [-0.3, -0.25) is 0 Å². The summed E-state index contributed by atoms with van der Waals surface area (Å²) in [6.45, 7) is 2.70. The van der Waals surface area contributed by atoms with E-state index in [9.17, 15) is 15.0 Å². The highest BCUT2D eigenvalue weighted by Gasteiger charge is 2.33. The van der Waals surface area contributed by atoms with E-state index in [0.717, 1.165) is 19.3 Å². The number of nitrogens with zero attached hydrogens (tertiary/aromatic N) is 1. The van der Waals surface area contributed by atoms with Gasteiger partial charge < -0.3 is 19.5 Å². The molecule has 1 unspecified atom stereocenters. The van der Waals surface area contributed by atoms with Crippen LogP contribution in [-0.2, 0) is 4.79 Å². The summed E-state index contributed by atoms with van der Waals surface area (Å²) < 4.78 is 0.552. The molecule has 0 radical (unpaired) electrons. The third-order valence-corrected chi connectivity index (χ3v) is 5.40. The molecule has 0 fully saturated rings. The van der Waals surface area contributed by atoms with Crippen molar-refractivity contribution in [1.29, 1.82) is 0 Å². The average molecular weight is 412 g/mol. The number of carbonyl (C=O) groups excluding carboxylic acids is 1. The number of carbonyl (C=O) groups is 1. The number of hydrogen-bond acceptors (Lipinski definition) is 3. The third kappa shape index (κ3) is 20.2. The van der Waals surface area contributed by atoms with Gasteiger partial charge in [0.15, 0.2) is 0 Å². The number of aliphatic carboxylic acids is 1. The first-order valence-electron chi connectivity index (χ1n) is 12.1. The third-order valence-electron chi connectivity index (χ3n) is 5.40. The topological polar surface area (TPSA) is 60.4 Å². The Morgan fingerprint density at radius 3 is 1.72 bits per heavy atom. The first-order chi connectivity index (χ1) is 13.7. The Bertz CT molecular complexity index is 428. The summed E-state index contributed by atoms with van der Waals surface area (Å²) in [5, 5.41) is 21.7. The van der Waals surface area contributed by atoms with Crippen LogP contribution in [0, 0.1) is 0 Å². The quantitative estimate of drug-likeness (QED) is 0.174. The number of likely N-dealkylation sites (N-methyl/N-ethyl adjacent to an activating group) is 1. The van der Waals surface area contributed by atoms with E-state index in [4.69, 9.17) is 0 Å². The van der Waals surface area contributed by atoms with Gasteiger partial charge in [0, 0.05) is 12.4 Å². The van der Waals surface area contributed by atoms with E-state index >= 15 is 0 Å². The van der Waals surface area contributed by atoms with E-state index in [0.29, 0.717) is 17.4 Å². The zero-order chi connectivity index (χ0) is 22.0. The Labute approximate surface area is 181 Å². The van der Waals surface area contributed by atoms with E-state index in [2.05, 4.69) is 19.1 Å². The molecule has 0 bridgehead atoms.